The van der Waals surface area contributed by atoms with Crippen molar-refractivity contribution in [3.63, 3.8) is 0 Å². The van der Waals surface area contributed by atoms with Crippen LogP contribution in [0.1, 0.15) is 18.1 Å². The monoisotopic (exact) mass is 249 g/mol. The van der Waals surface area contributed by atoms with E-state index >= 15 is 0 Å². The predicted octanol–water partition coefficient (Wildman–Crippen LogP) is 1.40. The van der Waals surface area contributed by atoms with Gasteiger partial charge in [0, 0.05) is 13.5 Å². The lowest BCUT2D eigenvalue weighted by molar-refractivity contribution is -0.129. The second kappa shape index (κ2) is 4.78. The molecule has 96 valence electrons. The summed E-state index contributed by atoms with van der Waals surface area (Å²) in [4.78, 5) is 22.7. The number of amides is 2. The van der Waals surface area contributed by atoms with Crippen LogP contribution >= 0.6 is 0 Å². The fourth-order valence-corrected chi connectivity index (χ4v) is 2.00. The van der Waals surface area contributed by atoms with Gasteiger partial charge < -0.3 is 9.47 Å². The lowest BCUT2D eigenvalue weighted by Crippen LogP contribution is -2.38. The summed E-state index contributed by atoms with van der Waals surface area (Å²) in [5.41, 5.74) is 0.822. The van der Waals surface area contributed by atoms with Crippen molar-refractivity contribution in [3.8, 4) is 0 Å². The van der Waals surface area contributed by atoms with E-state index in [2.05, 4.69) is 5.32 Å². The van der Waals surface area contributed by atoms with Gasteiger partial charge in [0.1, 0.15) is 0 Å². The maximum absolute atomic E-state index is 11.6. The Bertz CT molecular complexity index is 486. The van der Waals surface area contributed by atoms with E-state index in [1.54, 1.807) is 14.0 Å². The first kappa shape index (κ1) is 12.6. The second-order valence-electron chi connectivity index (χ2n) is 4.50. The topological polar surface area (TPSA) is 64.6 Å². The molecule has 1 aliphatic heterocycles. The van der Waals surface area contributed by atoms with Crippen molar-refractivity contribution in [2.75, 3.05) is 7.11 Å². The molecule has 1 atom stereocenters. The minimum atomic E-state index is -1.12. The minimum absolute atomic E-state index is 0.349. The van der Waals surface area contributed by atoms with Gasteiger partial charge in [-0.05, 0) is 18.1 Å². The third kappa shape index (κ3) is 2.51. The molecule has 5 nitrogen and oxygen atoms in total. The van der Waals surface area contributed by atoms with E-state index in [0.717, 1.165) is 11.1 Å². The molecule has 1 aromatic rings. The van der Waals surface area contributed by atoms with Crippen LogP contribution in [0.15, 0.2) is 24.3 Å². The highest BCUT2D eigenvalue weighted by Gasteiger charge is 2.44. The number of nitrogens with one attached hydrogen (secondary N) is 1. The maximum atomic E-state index is 11.6. The SMILES string of the molecule is COCc1cccc(C[C@@]2(C)OC(=O)NC2=O)c1. The van der Waals surface area contributed by atoms with Crippen molar-refractivity contribution < 1.29 is 19.1 Å². The van der Waals surface area contributed by atoms with Gasteiger partial charge in [0.2, 0.25) is 0 Å². The zero-order valence-electron chi connectivity index (χ0n) is 10.4. The summed E-state index contributed by atoms with van der Waals surface area (Å²) in [6.07, 6.45) is -0.335. The molecule has 0 unspecified atom stereocenters. The normalized spacial score (nSPS) is 22.8. The van der Waals surface area contributed by atoms with Crippen LogP contribution in [0.25, 0.3) is 0 Å². The van der Waals surface area contributed by atoms with Crippen LogP contribution < -0.4 is 5.32 Å². The average molecular weight is 249 g/mol. The van der Waals surface area contributed by atoms with Gasteiger partial charge >= 0.3 is 6.09 Å². The summed E-state index contributed by atoms with van der Waals surface area (Å²) in [7, 11) is 1.63. The second-order valence-corrected chi connectivity index (χ2v) is 4.50. The number of carbonyl (C=O) groups excluding carboxylic acids is 2. The lowest BCUT2D eigenvalue weighted by atomic mass is 9.95. The molecule has 0 bridgehead atoms. The number of hydrogen-bond donors (Lipinski definition) is 1. The molecule has 5 heteroatoms. The standard InChI is InChI=1S/C13H15NO4/c1-13(11(15)14-12(16)18-13)7-9-4-3-5-10(6-9)8-17-2/h3-6H,7-8H2,1-2H3,(H,14,15,16)/t13-/m1/s1. The number of alkyl carbamates (subject to hydrolysis) is 1. The van der Waals surface area contributed by atoms with Gasteiger partial charge in [-0.2, -0.15) is 0 Å². The molecule has 0 saturated carbocycles. The number of imide groups is 1. The van der Waals surface area contributed by atoms with Gasteiger partial charge in [0.25, 0.3) is 5.91 Å². The van der Waals surface area contributed by atoms with E-state index in [0.29, 0.717) is 13.0 Å². The van der Waals surface area contributed by atoms with Gasteiger partial charge in [0.15, 0.2) is 5.60 Å². The number of benzene rings is 1. The van der Waals surface area contributed by atoms with Crippen molar-refractivity contribution in [3.05, 3.63) is 35.4 Å². The molecule has 1 N–H and O–H groups in total. The molecular weight excluding hydrogens is 234 g/mol. The minimum Gasteiger partial charge on any atom is -0.432 e. The van der Waals surface area contributed by atoms with E-state index in [9.17, 15) is 9.59 Å². The summed E-state index contributed by atoms with van der Waals surface area (Å²) in [5, 5.41) is 2.14. The Morgan fingerprint density at radius 1 is 1.33 bits per heavy atom. The molecule has 0 aromatic heterocycles. The fourth-order valence-electron chi connectivity index (χ4n) is 2.00. The first-order valence-corrected chi connectivity index (χ1v) is 5.65. The number of ether oxygens (including phenoxy) is 2. The van der Waals surface area contributed by atoms with Gasteiger partial charge in [-0.15, -0.1) is 0 Å². The first-order valence-electron chi connectivity index (χ1n) is 5.65. The molecule has 2 amide bonds. The van der Waals surface area contributed by atoms with Crippen LogP contribution in [-0.4, -0.2) is 24.7 Å². The average Bonchev–Trinajstić information content (AvgIpc) is 2.53. The van der Waals surface area contributed by atoms with Crippen molar-refractivity contribution in [2.24, 2.45) is 0 Å². The summed E-state index contributed by atoms with van der Waals surface area (Å²) >= 11 is 0. The van der Waals surface area contributed by atoms with E-state index in [1.807, 2.05) is 24.3 Å². The number of carbonyl (C=O) groups is 2. The van der Waals surface area contributed by atoms with Crippen LogP contribution in [0.3, 0.4) is 0 Å². The summed E-state index contributed by atoms with van der Waals surface area (Å²) in [6, 6.07) is 7.66. The molecule has 0 radical (unpaired) electrons. The van der Waals surface area contributed by atoms with E-state index in [1.165, 1.54) is 0 Å². The maximum Gasteiger partial charge on any atom is 0.415 e. The van der Waals surface area contributed by atoms with Crippen LogP contribution in [0.5, 0.6) is 0 Å². The molecular formula is C13H15NO4. The Labute approximate surface area is 105 Å². The fraction of sp³-hybridized carbons (Fsp3) is 0.385. The Kier molecular flexibility index (Phi) is 3.34. The van der Waals surface area contributed by atoms with Gasteiger partial charge in [0.05, 0.1) is 6.61 Å². The molecule has 1 aliphatic rings. The predicted molar refractivity (Wildman–Crippen MR) is 63.9 cm³/mol. The molecule has 1 heterocycles. The smallest absolute Gasteiger partial charge is 0.415 e. The number of hydrogen-bond acceptors (Lipinski definition) is 4. The number of cyclic esters (lactones) is 1. The highest BCUT2D eigenvalue weighted by Crippen LogP contribution is 2.23. The molecule has 0 aliphatic carbocycles. The Morgan fingerprint density at radius 3 is 2.67 bits per heavy atom. The molecule has 1 aromatic carbocycles. The van der Waals surface area contributed by atoms with Crippen LogP contribution in [0, 0.1) is 0 Å². The van der Waals surface area contributed by atoms with Crippen molar-refractivity contribution in [2.45, 2.75) is 25.6 Å². The first-order chi connectivity index (χ1) is 8.53. The summed E-state index contributed by atoms with van der Waals surface area (Å²) in [6.45, 7) is 2.12. The Balaban J connectivity index is 2.16. The zero-order valence-corrected chi connectivity index (χ0v) is 10.4. The highest BCUT2D eigenvalue weighted by atomic mass is 16.6. The highest BCUT2D eigenvalue weighted by molar-refractivity contribution is 6.02. The molecule has 0 spiro atoms. The molecule has 18 heavy (non-hydrogen) atoms. The Morgan fingerprint density at radius 2 is 2.06 bits per heavy atom. The van der Waals surface area contributed by atoms with E-state index in [4.69, 9.17) is 9.47 Å². The van der Waals surface area contributed by atoms with E-state index < -0.39 is 17.6 Å². The van der Waals surface area contributed by atoms with Crippen molar-refractivity contribution in [1.82, 2.24) is 5.32 Å². The third-order valence-electron chi connectivity index (χ3n) is 2.86. The zero-order chi connectivity index (χ0) is 13.2. The quantitative estimate of drug-likeness (QED) is 0.876. The van der Waals surface area contributed by atoms with Gasteiger partial charge in [-0.3, -0.25) is 10.1 Å². The van der Waals surface area contributed by atoms with E-state index in [-0.39, 0.29) is 0 Å². The summed E-state index contributed by atoms with van der Waals surface area (Å²) < 4.78 is 10.1. The molecule has 1 saturated heterocycles. The van der Waals surface area contributed by atoms with Crippen LogP contribution in [0.2, 0.25) is 0 Å². The number of methoxy groups -OCH3 is 1. The van der Waals surface area contributed by atoms with Gasteiger partial charge in [-0.1, -0.05) is 24.3 Å². The van der Waals surface area contributed by atoms with Crippen LogP contribution in [0.4, 0.5) is 4.79 Å². The van der Waals surface area contributed by atoms with Crippen molar-refractivity contribution in [1.29, 1.82) is 0 Å². The number of rotatable bonds is 4. The lowest BCUT2D eigenvalue weighted by Gasteiger charge is -2.19. The van der Waals surface area contributed by atoms with Crippen molar-refractivity contribution >= 4 is 12.0 Å². The third-order valence-corrected chi connectivity index (χ3v) is 2.86. The van der Waals surface area contributed by atoms with Gasteiger partial charge in [-0.25, -0.2) is 4.79 Å². The molecule has 2 rings (SSSR count). The largest absolute Gasteiger partial charge is 0.432 e. The summed E-state index contributed by atoms with van der Waals surface area (Å²) in [5.74, 6) is -0.398. The molecule has 1 fully saturated rings. The Hall–Kier alpha value is -1.88. The van der Waals surface area contributed by atoms with Crippen LogP contribution in [-0.2, 0) is 27.3 Å².